The van der Waals surface area contributed by atoms with Crippen molar-refractivity contribution in [1.82, 2.24) is 0 Å². The average Bonchev–Trinajstić information content (AvgIpc) is 2.82. The standard InChI is InChI=1S/C22H37BO3/c1-7-8-9-12-19(23-25-21(2,3)22(4,5)26-23)13-10-11-18-14-16-20(24-6)17-15-18/h14-17,19H,7-13H2,1-6H3/t19-/m0/s1. The highest BCUT2D eigenvalue weighted by molar-refractivity contribution is 6.47. The average molecular weight is 360 g/mol. The van der Waals surface area contributed by atoms with E-state index in [9.17, 15) is 0 Å². The molecule has 0 unspecified atom stereocenters. The van der Waals surface area contributed by atoms with Crippen LogP contribution in [0, 0.1) is 0 Å². The number of aryl methyl sites for hydroxylation is 1. The number of unbranched alkanes of at least 4 members (excludes halogenated alkanes) is 2. The van der Waals surface area contributed by atoms with E-state index in [4.69, 9.17) is 14.0 Å². The summed E-state index contributed by atoms with van der Waals surface area (Å²) in [7, 11) is 1.63. The van der Waals surface area contributed by atoms with Gasteiger partial charge in [-0.3, -0.25) is 0 Å². The lowest BCUT2D eigenvalue weighted by molar-refractivity contribution is 0.00578. The third kappa shape index (κ3) is 5.50. The first-order valence-corrected chi connectivity index (χ1v) is 10.3. The van der Waals surface area contributed by atoms with E-state index in [1.807, 2.05) is 12.1 Å². The molecular weight excluding hydrogens is 323 g/mol. The molecule has 3 nitrogen and oxygen atoms in total. The summed E-state index contributed by atoms with van der Waals surface area (Å²) < 4.78 is 17.9. The molecule has 0 aromatic heterocycles. The third-order valence-electron chi connectivity index (χ3n) is 6.03. The fourth-order valence-corrected chi connectivity index (χ4v) is 3.51. The van der Waals surface area contributed by atoms with E-state index in [0.717, 1.165) is 25.0 Å². The maximum Gasteiger partial charge on any atom is 0.461 e. The quantitative estimate of drug-likeness (QED) is 0.375. The van der Waals surface area contributed by atoms with Crippen LogP contribution in [0.25, 0.3) is 0 Å². The summed E-state index contributed by atoms with van der Waals surface area (Å²) >= 11 is 0. The van der Waals surface area contributed by atoms with Crippen molar-refractivity contribution in [2.24, 2.45) is 0 Å². The smallest absolute Gasteiger partial charge is 0.461 e. The van der Waals surface area contributed by atoms with Gasteiger partial charge in [0.15, 0.2) is 0 Å². The van der Waals surface area contributed by atoms with Gasteiger partial charge in [0.2, 0.25) is 0 Å². The molecule has 146 valence electrons. The monoisotopic (exact) mass is 360 g/mol. The van der Waals surface area contributed by atoms with Gasteiger partial charge in [0.05, 0.1) is 18.3 Å². The molecule has 1 aromatic rings. The largest absolute Gasteiger partial charge is 0.497 e. The predicted molar refractivity (Wildman–Crippen MR) is 110 cm³/mol. The first-order chi connectivity index (χ1) is 12.3. The molecule has 1 aliphatic heterocycles. The van der Waals surface area contributed by atoms with E-state index in [0.29, 0.717) is 5.82 Å². The van der Waals surface area contributed by atoms with Crippen LogP contribution in [0.3, 0.4) is 0 Å². The van der Waals surface area contributed by atoms with E-state index in [-0.39, 0.29) is 18.3 Å². The molecule has 1 aliphatic rings. The summed E-state index contributed by atoms with van der Waals surface area (Å²) in [6.45, 7) is 10.8. The van der Waals surface area contributed by atoms with E-state index < -0.39 is 0 Å². The Morgan fingerprint density at radius 1 is 0.923 bits per heavy atom. The topological polar surface area (TPSA) is 27.7 Å². The van der Waals surface area contributed by atoms with Crippen molar-refractivity contribution in [3.05, 3.63) is 29.8 Å². The minimum atomic E-state index is -0.239. The summed E-state index contributed by atoms with van der Waals surface area (Å²) in [5.41, 5.74) is 0.889. The van der Waals surface area contributed by atoms with Gasteiger partial charge in [0.1, 0.15) is 5.75 Å². The summed E-state index contributed by atoms with van der Waals surface area (Å²) in [5, 5.41) is 0. The number of hydrogen-bond donors (Lipinski definition) is 0. The number of benzene rings is 1. The fraction of sp³-hybridized carbons (Fsp3) is 0.727. The Hall–Kier alpha value is -0.995. The second kappa shape index (κ2) is 9.28. The van der Waals surface area contributed by atoms with Crippen molar-refractivity contribution in [1.29, 1.82) is 0 Å². The van der Waals surface area contributed by atoms with Gasteiger partial charge in [-0.25, -0.2) is 0 Å². The molecule has 1 fully saturated rings. The number of hydrogen-bond acceptors (Lipinski definition) is 3. The Bertz CT molecular complexity index is 523. The lowest BCUT2D eigenvalue weighted by Gasteiger charge is -2.32. The summed E-state index contributed by atoms with van der Waals surface area (Å²) in [4.78, 5) is 0. The molecule has 0 bridgehead atoms. The Labute approximate surface area is 160 Å². The molecule has 1 heterocycles. The van der Waals surface area contributed by atoms with Crippen molar-refractivity contribution >= 4 is 7.12 Å². The van der Waals surface area contributed by atoms with Crippen LogP contribution in [-0.4, -0.2) is 25.4 Å². The highest BCUT2D eigenvalue weighted by atomic mass is 16.7. The molecule has 1 saturated heterocycles. The van der Waals surface area contributed by atoms with Crippen LogP contribution in [0.2, 0.25) is 5.82 Å². The van der Waals surface area contributed by atoms with Crippen LogP contribution >= 0.6 is 0 Å². The first kappa shape index (κ1) is 21.3. The van der Waals surface area contributed by atoms with Gasteiger partial charge in [-0.05, 0) is 64.1 Å². The van der Waals surface area contributed by atoms with Crippen molar-refractivity contribution in [2.45, 2.75) is 96.6 Å². The number of ether oxygens (including phenoxy) is 1. The lowest BCUT2D eigenvalue weighted by atomic mass is 9.66. The SMILES string of the molecule is CCCCC[C@@H](CCCc1ccc(OC)cc1)B1OC(C)(C)C(C)(C)O1. The highest BCUT2D eigenvalue weighted by Gasteiger charge is 2.53. The van der Waals surface area contributed by atoms with Crippen LogP contribution in [0.4, 0.5) is 0 Å². The second-order valence-electron chi connectivity index (χ2n) is 8.62. The molecule has 1 atom stereocenters. The minimum absolute atomic E-state index is 0.0762. The van der Waals surface area contributed by atoms with Crippen LogP contribution in [0.5, 0.6) is 5.75 Å². The van der Waals surface area contributed by atoms with Crippen LogP contribution < -0.4 is 4.74 Å². The van der Waals surface area contributed by atoms with Gasteiger partial charge in [-0.15, -0.1) is 0 Å². The van der Waals surface area contributed by atoms with Gasteiger partial charge < -0.3 is 14.0 Å². The molecule has 0 amide bonds. The minimum Gasteiger partial charge on any atom is -0.497 e. The van der Waals surface area contributed by atoms with E-state index in [2.05, 4.69) is 46.8 Å². The fourth-order valence-electron chi connectivity index (χ4n) is 3.51. The maximum atomic E-state index is 6.35. The Kier molecular flexibility index (Phi) is 7.60. The molecule has 0 N–H and O–H groups in total. The highest BCUT2D eigenvalue weighted by Crippen LogP contribution is 2.42. The van der Waals surface area contributed by atoms with Crippen molar-refractivity contribution in [3.63, 3.8) is 0 Å². The van der Waals surface area contributed by atoms with Crippen LogP contribution in [0.1, 0.15) is 78.7 Å². The molecule has 0 aliphatic carbocycles. The van der Waals surface area contributed by atoms with Gasteiger partial charge >= 0.3 is 7.12 Å². The maximum absolute atomic E-state index is 6.35. The molecule has 1 aromatic carbocycles. The predicted octanol–water partition coefficient (Wildman–Crippen LogP) is 6.06. The van der Waals surface area contributed by atoms with Crippen LogP contribution in [0.15, 0.2) is 24.3 Å². The Balaban J connectivity index is 1.92. The Morgan fingerprint density at radius 2 is 1.50 bits per heavy atom. The molecule has 0 saturated carbocycles. The molecule has 0 spiro atoms. The Morgan fingerprint density at radius 3 is 2.04 bits per heavy atom. The summed E-state index contributed by atoms with van der Waals surface area (Å²) in [5.74, 6) is 1.39. The van der Waals surface area contributed by atoms with E-state index >= 15 is 0 Å². The van der Waals surface area contributed by atoms with Gasteiger partial charge in [0.25, 0.3) is 0 Å². The molecule has 0 radical (unpaired) electrons. The second-order valence-corrected chi connectivity index (χ2v) is 8.62. The molecule has 4 heteroatoms. The van der Waals surface area contributed by atoms with E-state index in [1.54, 1.807) is 7.11 Å². The normalized spacial score (nSPS) is 19.5. The zero-order valence-corrected chi connectivity index (χ0v) is 17.6. The zero-order valence-electron chi connectivity index (χ0n) is 17.6. The van der Waals surface area contributed by atoms with Crippen molar-refractivity contribution < 1.29 is 14.0 Å². The molecular formula is C22H37BO3. The van der Waals surface area contributed by atoms with Gasteiger partial charge in [0, 0.05) is 0 Å². The number of rotatable bonds is 10. The molecule has 26 heavy (non-hydrogen) atoms. The zero-order chi connectivity index (χ0) is 19.2. The van der Waals surface area contributed by atoms with Crippen molar-refractivity contribution in [3.8, 4) is 5.75 Å². The molecule has 2 rings (SSSR count). The van der Waals surface area contributed by atoms with Gasteiger partial charge in [-0.2, -0.15) is 0 Å². The number of methoxy groups -OCH3 is 1. The van der Waals surface area contributed by atoms with Gasteiger partial charge in [-0.1, -0.05) is 51.2 Å². The van der Waals surface area contributed by atoms with E-state index in [1.165, 1.54) is 31.2 Å². The summed E-state index contributed by atoms with van der Waals surface area (Å²) in [6, 6.07) is 8.42. The third-order valence-corrected chi connectivity index (χ3v) is 6.03. The summed E-state index contributed by atoms with van der Waals surface area (Å²) in [6.07, 6.45) is 8.38. The van der Waals surface area contributed by atoms with Crippen molar-refractivity contribution in [2.75, 3.05) is 7.11 Å². The first-order valence-electron chi connectivity index (χ1n) is 10.3. The van der Waals surface area contributed by atoms with Crippen LogP contribution in [-0.2, 0) is 15.7 Å². The lowest BCUT2D eigenvalue weighted by Crippen LogP contribution is -2.41.